The Bertz CT molecular complexity index is 3770. The second-order valence-corrected chi connectivity index (χ2v) is 28.7. The number of benzene rings is 6. The summed E-state index contributed by atoms with van der Waals surface area (Å²) in [5, 5.41) is 19.8. The molecule has 438 valence electrons. The first-order chi connectivity index (χ1) is 39.2. The molecular weight excluding hydrogens is 1130 g/mol. The van der Waals surface area contributed by atoms with Crippen LogP contribution in [0, 0.1) is 15.9 Å². The van der Waals surface area contributed by atoms with Crippen molar-refractivity contribution >= 4 is 79.7 Å². The summed E-state index contributed by atoms with van der Waals surface area (Å²) < 4.78 is 106. The molecule has 0 atom stereocenters. The SMILES string of the molecule is CCOC(=O)c1c(CCCOc2cccc3cc(F)ccc23)c2ccc(Cl)c(-c3c(CN(C(=O)OC(C)(C)C)S(=O)(=O)c4ccccc4[N+](=O)[O-])nn(C)c3CC)c2n1CCC(F)(F)CO[Si](c1ccccc1)(c1ccccc1)C(C)(C)C. The van der Waals surface area contributed by atoms with E-state index in [9.17, 15) is 32.5 Å². The van der Waals surface area contributed by atoms with Crippen molar-refractivity contribution in [2.24, 2.45) is 7.05 Å². The number of nitro groups is 1. The third-order valence-electron chi connectivity index (χ3n) is 14.3. The van der Waals surface area contributed by atoms with E-state index in [1.54, 1.807) is 57.3 Å². The summed E-state index contributed by atoms with van der Waals surface area (Å²) in [5.74, 6) is -4.28. The maximum atomic E-state index is 17.4. The van der Waals surface area contributed by atoms with Gasteiger partial charge >= 0.3 is 12.1 Å². The number of alkyl halides is 2. The Balaban J connectivity index is 1.30. The average molecular weight is 1190 g/mol. The summed E-state index contributed by atoms with van der Waals surface area (Å²) >= 11 is 7.38. The summed E-state index contributed by atoms with van der Waals surface area (Å²) in [5.41, 5.74) is -0.728. The van der Waals surface area contributed by atoms with Crippen molar-refractivity contribution in [2.45, 2.75) is 116 Å². The number of para-hydroxylation sites is 1. The smallest absolute Gasteiger partial charge is 0.424 e. The van der Waals surface area contributed by atoms with Gasteiger partial charge in [0.25, 0.3) is 30.0 Å². The fourth-order valence-corrected chi connectivity index (χ4v) is 17.1. The van der Waals surface area contributed by atoms with Gasteiger partial charge in [0.15, 0.2) is 4.90 Å². The number of rotatable bonds is 22. The van der Waals surface area contributed by atoms with E-state index in [0.717, 1.165) is 22.5 Å². The van der Waals surface area contributed by atoms with Gasteiger partial charge < -0.3 is 23.2 Å². The first kappa shape index (κ1) is 61.5. The number of sulfonamides is 1. The minimum Gasteiger partial charge on any atom is -0.493 e. The second-order valence-electron chi connectivity index (χ2n) is 22.1. The molecule has 83 heavy (non-hydrogen) atoms. The van der Waals surface area contributed by atoms with Crippen molar-refractivity contribution in [2.75, 3.05) is 19.8 Å². The summed E-state index contributed by atoms with van der Waals surface area (Å²) in [6, 6.07) is 36.3. The molecule has 0 spiro atoms. The minimum absolute atomic E-state index is 0.0463. The van der Waals surface area contributed by atoms with Crippen LogP contribution in [0.5, 0.6) is 5.75 Å². The number of hydrogen-bond donors (Lipinski definition) is 0. The van der Waals surface area contributed by atoms with Gasteiger partial charge in [0.1, 0.15) is 22.9 Å². The molecule has 0 aliphatic rings. The standard InChI is InChI=1S/C62H67ClF3N5O10SSi/c1-10-50-55(49(67-68(50)9)39-70(59(73)81-60(3,4)5)82(76,77)53-30-19-18-28-51(53)71(74)75)54-48(63)34-33-47-46(27-21-37-79-52-29-20-22-41-38-42(64)31-32-45(41)52)57(58(72)78-11-2)69(56(47)54)36-35-62(65,66)40-80-83(61(6,7)8,43-23-14-12-15-24-43)44-25-16-13-17-26-44/h12-20,22-26,28-34,38H,10-11,21,27,35-37,39-40H2,1-9H3. The number of aryl methyl sites for hydroxylation is 3. The number of nitrogens with zero attached hydrogens (tertiary/aromatic N) is 5. The highest BCUT2D eigenvalue weighted by Gasteiger charge is 2.52. The molecule has 0 aliphatic carbocycles. The van der Waals surface area contributed by atoms with Crippen molar-refractivity contribution in [3.63, 3.8) is 0 Å². The molecule has 0 saturated heterocycles. The van der Waals surface area contributed by atoms with Crippen molar-refractivity contribution in [1.29, 1.82) is 0 Å². The van der Waals surface area contributed by atoms with Crippen molar-refractivity contribution in [3.8, 4) is 16.9 Å². The first-order valence-corrected chi connectivity index (χ1v) is 31.0. The zero-order valence-electron chi connectivity index (χ0n) is 47.8. The zero-order valence-corrected chi connectivity index (χ0v) is 50.4. The van der Waals surface area contributed by atoms with Crippen LogP contribution in [0.2, 0.25) is 10.1 Å². The lowest BCUT2D eigenvalue weighted by Crippen LogP contribution is -2.67. The summed E-state index contributed by atoms with van der Waals surface area (Å²) in [7, 11) is -7.01. The number of aromatic nitrogens is 3. The fraction of sp³-hybridized carbons (Fsp3) is 0.339. The third-order valence-corrected chi connectivity index (χ3v) is 21.4. The Hall–Kier alpha value is -7.52. The normalized spacial score (nSPS) is 12.4. The van der Waals surface area contributed by atoms with Gasteiger partial charge in [-0.05, 0) is 110 Å². The van der Waals surface area contributed by atoms with Crippen molar-refractivity contribution in [1.82, 2.24) is 18.7 Å². The second kappa shape index (κ2) is 24.7. The third kappa shape index (κ3) is 12.9. The fourth-order valence-electron chi connectivity index (χ4n) is 10.8. The topological polar surface area (TPSA) is 174 Å². The summed E-state index contributed by atoms with van der Waals surface area (Å²) in [6.45, 7) is 11.6. The van der Waals surface area contributed by atoms with E-state index in [-0.39, 0.29) is 65.5 Å². The molecule has 15 nitrogen and oxygen atoms in total. The van der Waals surface area contributed by atoms with Gasteiger partial charge in [0, 0.05) is 53.7 Å². The number of fused-ring (bicyclic) bond motifs is 2. The van der Waals surface area contributed by atoms with Crippen LogP contribution in [0.15, 0.2) is 138 Å². The lowest BCUT2D eigenvalue weighted by atomic mass is 9.97. The highest BCUT2D eigenvalue weighted by Crippen LogP contribution is 2.45. The van der Waals surface area contributed by atoms with Crippen LogP contribution in [0.3, 0.4) is 0 Å². The Morgan fingerprint density at radius 3 is 2.08 bits per heavy atom. The summed E-state index contributed by atoms with van der Waals surface area (Å²) in [4.78, 5) is 39.7. The van der Waals surface area contributed by atoms with E-state index in [2.05, 4.69) is 0 Å². The van der Waals surface area contributed by atoms with E-state index in [1.807, 2.05) is 81.4 Å². The van der Waals surface area contributed by atoms with E-state index in [4.69, 9.17) is 35.3 Å². The predicted octanol–water partition coefficient (Wildman–Crippen LogP) is 13.4. The first-order valence-electron chi connectivity index (χ1n) is 27.2. The van der Waals surface area contributed by atoms with Gasteiger partial charge in [0.05, 0.1) is 47.5 Å². The molecule has 0 bridgehead atoms. The highest BCUT2D eigenvalue weighted by molar-refractivity contribution is 7.89. The Kier molecular flexibility index (Phi) is 18.3. The molecule has 0 unspecified atom stereocenters. The Morgan fingerprint density at radius 2 is 1.47 bits per heavy atom. The highest BCUT2D eigenvalue weighted by atomic mass is 35.5. The van der Waals surface area contributed by atoms with Gasteiger partial charge in [-0.2, -0.15) is 9.40 Å². The van der Waals surface area contributed by atoms with Crippen molar-refractivity contribution in [3.05, 3.63) is 177 Å². The Morgan fingerprint density at radius 1 is 0.831 bits per heavy atom. The van der Waals surface area contributed by atoms with E-state index in [0.29, 0.717) is 37.5 Å². The average Bonchev–Trinajstić information content (AvgIpc) is 2.11. The molecule has 8 rings (SSSR count). The molecule has 0 fully saturated rings. The molecule has 2 aromatic heterocycles. The van der Waals surface area contributed by atoms with Gasteiger partial charge in [-0.25, -0.2) is 31.2 Å². The molecule has 21 heteroatoms. The van der Waals surface area contributed by atoms with E-state index < -0.39 is 94.4 Å². The number of esters is 1. The van der Waals surface area contributed by atoms with Gasteiger partial charge in [-0.3, -0.25) is 14.8 Å². The number of carbonyl (C=O) groups excluding carboxylic acids is 2. The zero-order chi connectivity index (χ0) is 60.2. The summed E-state index contributed by atoms with van der Waals surface area (Å²) in [6.07, 6.45) is -1.60. The van der Waals surface area contributed by atoms with Gasteiger partial charge in [0.2, 0.25) is 0 Å². The maximum Gasteiger partial charge on any atom is 0.424 e. The lowest BCUT2D eigenvalue weighted by molar-refractivity contribution is -0.387. The minimum atomic E-state index is -5.12. The van der Waals surface area contributed by atoms with Crippen LogP contribution in [-0.4, -0.2) is 83.7 Å². The number of ether oxygens (including phenoxy) is 3. The van der Waals surface area contributed by atoms with Gasteiger partial charge in [-0.1, -0.05) is 130 Å². The maximum absolute atomic E-state index is 17.4. The quantitative estimate of drug-likeness (QED) is 0.0208. The molecule has 8 aromatic rings. The van der Waals surface area contributed by atoms with E-state index in [1.165, 1.54) is 54.3 Å². The van der Waals surface area contributed by atoms with E-state index >= 15 is 8.78 Å². The molecule has 6 aromatic carbocycles. The molecule has 0 N–H and O–H groups in total. The van der Waals surface area contributed by atoms with Crippen LogP contribution < -0.4 is 15.1 Å². The molecular formula is C62H67ClF3N5O10SSi. The van der Waals surface area contributed by atoms with Crippen LogP contribution in [-0.2, 0) is 56.9 Å². The van der Waals surface area contributed by atoms with Crippen LogP contribution in [0.25, 0.3) is 32.8 Å². The molecule has 0 saturated carbocycles. The molecule has 1 amide bonds. The number of carbonyl (C=O) groups is 2. The largest absolute Gasteiger partial charge is 0.493 e. The lowest BCUT2D eigenvalue weighted by Gasteiger charge is -2.43. The van der Waals surface area contributed by atoms with Gasteiger partial charge in [-0.15, -0.1) is 0 Å². The Labute approximate surface area is 487 Å². The predicted molar refractivity (Wildman–Crippen MR) is 317 cm³/mol. The number of hydrogen-bond acceptors (Lipinski definition) is 11. The van der Waals surface area contributed by atoms with Crippen LogP contribution in [0.1, 0.15) is 95.7 Å². The van der Waals surface area contributed by atoms with Crippen LogP contribution >= 0.6 is 11.6 Å². The molecule has 2 heterocycles. The monoisotopic (exact) mass is 1190 g/mol. The molecule has 0 aliphatic heterocycles. The van der Waals surface area contributed by atoms with Crippen LogP contribution in [0.4, 0.5) is 23.7 Å². The number of nitro benzene ring substituents is 1. The number of halogens is 4. The van der Waals surface area contributed by atoms with Crippen molar-refractivity contribution < 1.29 is 54.7 Å². The number of amides is 1. The molecule has 0 radical (unpaired) electrons.